The molecule has 0 rings (SSSR count). The Balaban J connectivity index is 4.05. The quantitative estimate of drug-likeness (QED) is 0.539. The first-order chi connectivity index (χ1) is 4.68. The van der Waals surface area contributed by atoms with E-state index in [1.54, 1.807) is 0 Å². The summed E-state index contributed by atoms with van der Waals surface area (Å²) in [7, 11) is 0. The molecule has 0 aromatic rings. The molecule has 0 spiro atoms. The van der Waals surface area contributed by atoms with Gasteiger partial charge in [0.1, 0.15) is 5.60 Å². The Morgan fingerprint density at radius 1 is 1.40 bits per heavy atom. The minimum Gasteiger partial charge on any atom is -0.378 e. The monoisotopic (exact) mass is 204 g/mol. The first-order valence-corrected chi connectivity index (χ1v) is 4.59. The number of hydrogen-bond donors (Lipinski definition) is 1. The Kier molecular flexibility index (Phi) is 4.76. The van der Waals surface area contributed by atoms with Gasteiger partial charge in [0.25, 0.3) is 0 Å². The molecule has 0 saturated carbocycles. The molecule has 10 heavy (non-hydrogen) atoms. The van der Waals surface area contributed by atoms with Gasteiger partial charge in [-0.15, -0.1) is 0 Å². The summed E-state index contributed by atoms with van der Waals surface area (Å²) in [5, 5.41) is 10.2. The Morgan fingerprint density at radius 2 is 1.90 bits per heavy atom. The van der Waals surface area contributed by atoms with Crippen LogP contribution in [0.3, 0.4) is 0 Å². The molecule has 0 aromatic heterocycles. The summed E-state index contributed by atoms with van der Waals surface area (Å²) < 4.78 is 0. The number of alkyl halides is 1. The average molecular weight is 205 g/mol. The molecular formula is C8H13BrO. The van der Waals surface area contributed by atoms with Crippen molar-refractivity contribution in [1.29, 1.82) is 0 Å². The minimum atomic E-state index is -0.756. The molecule has 1 N–H and O–H groups in total. The van der Waals surface area contributed by atoms with Crippen molar-refractivity contribution in [3.8, 4) is 11.8 Å². The molecule has 2 heteroatoms. The second-order valence-corrected chi connectivity index (χ2v) is 2.73. The number of hydrogen-bond acceptors (Lipinski definition) is 1. The summed E-state index contributed by atoms with van der Waals surface area (Å²) in [6.07, 6.45) is 1.40. The lowest BCUT2D eigenvalue weighted by molar-refractivity contribution is 0.0931. The van der Waals surface area contributed by atoms with Gasteiger partial charge < -0.3 is 5.11 Å². The third kappa shape index (κ3) is 3.24. The van der Waals surface area contributed by atoms with Crippen LogP contribution in [0.25, 0.3) is 0 Å². The van der Waals surface area contributed by atoms with Crippen LogP contribution < -0.4 is 0 Å². The molecule has 0 aliphatic carbocycles. The van der Waals surface area contributed by atoms with E-state index in [0.29, 0.717) is 18.2 Å². The lowest BCUT2D eigenvalue weighted by Gasteiger charge is -2.16. The second-order valence-electron chi connectivity index (χ2n) is 2.17. The van der Waals surface area contributed by atoms with Crippen LogP contribution in [0.2, 0.25) is 0 Å². The van der Waals surface area contributed by atoms with Crippen LogP contribution in [0.1, 0.15) is 26.7 Å². The van der Waals surface area contributed by atoms with Gasteiger partial charge in [0.05, 0.1) is 5.33 Å². The minimum absolute atomic E-state index is 0.634. The third-order valence-electron chi connectivity index (χ3n) is 1.56. The summed E-state index contributed by atoms with van der Waals surface area (Å²) >= 11 is 3.18. The predicted octanol–water partition coefficient (Wildman–Crippen LogP) is 1.94. The summed E-state index contributed by atoms with van der Waals surface area (Å²) in [4.78, 5) is 0. The molecule has 0 heterocycles. The lowest BCUT2D eigenvalue weighted by atomic mass is 9.99. The van der Waals surface area contributed by atoms with Gasteiger partial charge in [-0.25, -0.2) is 0 Å². The molecule has 0 radical (unpaired) electrons. The maximum atomic E-state index is 9.57. The fraction of sp³-hybridized carbons (Fsp3) is 0.750. The van der Waals surface area contributed by atoms with E-state index < -0.39 is 5.60 Å². The van der Waals surface area contributed by atoms with E-state index >= 15 is 0 Å². The van der Waals surface area contributed by atoms with E-state index in [9.17, 15) is 5.11 Å². The van der Waals surface area contributed by atoms with Crippen LogP contribution in [-0.4, -0.2) is 16.0 Å². The maximum Gasteiger partial charge on any atom is 0.125 e. The zero-order chi connectivity index (χ0) is 8.04. The SMILES string of the molecule is CCC(O)(C#CCBr)CC. The van der Waals surface area contributed by atoms with Gasteiger partial charge in [-0.05, 0) is 12.8 Å². The van der Waals surface area contributed by atoms with Crippen LogP contribution in [0, 0.1) is 11.8 Å². The summed E-state index contributed by atoms with van der Waals surface area (Å²) in [6, 6.07) is 0. The van der Waals surface area contributed by atoms with Crippen molar-refractivity contribution in [2.45, 2.75) is 32.3 Å². The molecular weight excluding hydrogens is 192 g/mol. The first kappa shape index (κ1) is 10.0. The number of rotatable bonds is 2. The van der Waals surface area contributed by atoms with Gasteiger partial charge >= 0.3 is 0 Å². The van der Waals surface area contributed by atoms with Crippen molar-refractivity contribution in [2.75, 3.05) is 5.33 Å². The largest absolute Gasteiger partial charge is 0.378 e. The van der Waals surface area contributed by atoms with Gasteiger partial charge in [0.2, 0.25) is 0 Å². The fourth-order valence-electron chi connectivity index (χ4n) is 0.625. The predicted molar refractivity (Wildman–Crippen MR) is 47.1 cm³/mol. The second kappa shape index (κ2) is 4.76. The molecule has 0 aliphatic heterocycles. The average Bonchev–Trinajstić information content (AvgIpc) is 2.00. The molecule has 58 valence electrons. The normalized spacial score (nSPS) is 10.4. The molecule has 0 amide bonds. The number of halogens is 1. The van der Waals surface area contributed by atoms with E-state index in [-0.39, 0.29) is 0 Å². The van der Waals surface area contributed by atoms with Crippen molar-refractivity contribution in [1.82, 2.24) is 0 Å². The van der Waals surface area contributed by atoms with Gasteiger partial charge in [-0.1, -0.05) is 41.6 Å². The van der Waals surface area contributed by atoms with E-state index in [0.717, 1.165) is 0 Å². The van der Waals surface area contributed by atoms with Crippen LogP contribution >= 0.6 is 15.9 Å². The van der Waals surface area contributed by atoms with Crippen molar-refractivity contribution in [3.05, 3.63) is 0 Å². The van der Waals surface area contributed by atoms with E-state index in [4.69, 9.17) is 0 Å². The van der Waals surface area contributed by atoms with Crippen LogP contribution in [0.4, 0.5) is 0 Å². The standard InChI is InChI=1S/C8H13BrO/c1-3-8(10,4-2)6-5-7-9/h10H,3-4,7H2,1-2H3. The Bertz CT molecular complexity index is 139. The highest BCUT2D eigenvalue weighted by molar-refractivity contribution is 9.09. The first-order valence-electron chi connectivity index (χ1n) is 3.47. The van der Waals surface area contributed by atoms with Crippen LogP contribution in [0.15, 0.2) is 0 Å². The highest BCUT2D eigenvalue weighted by atomic mass is 79.9. The fourth-order valence-corrected chi connectivity index (χ4v) is 0.765. The lowest BCUT2D eigenvalue weighted by Crippen LogP contribution is -2.23. The molecule has 0 unspecified atom stereocenters. The van der Waals surface area contributed by atoms with Crippen molar-refractivity contribution in [3.63, 3.8) is 0 Å². The van der Waals surface area contributed by atoms with E-state index in [1.807, 2.05) is 13.8 Å². The molecule has 0 fully saturated rings. The molecule has 0 aliphatic rings. The van der Waals surface area contributed by atoms with Gasteiger partial charge in [0.15, 0.2) is 0 Å². The van der Waals surface area contributed by atoms with Crippen molar-refractivity contribution < 1.29 is 5.11 Å². The molecule has 0 saturated heterocycles. The van der Waals surface area contributed by atoms with Gasteiger partial charge in [-0.2, -0.15) is 0 Å². The van der Waals surface area contributed by atoms with Crippen molar-refractivity contribution in [2.24, 2.45) is 0 Å². The molecule has 1 nitrogen and oxygen atoms in total. The smallest absolute Gasteiger partial charge is 0.125 e. The summed E-state index contributed by atoms with van der Waals surface area (Å²) in [5.41, 5.74) is -0.756. The van der Waals surface area contributed by atoms with Crippen LogP contribution in [0.5, 0.6) is 0 Å². The van der Waals surface area contributed by atoms with E-state index in [2.05, 4.69) is 27.8 Å². The highest BCUT2D eigenvalue weighted by Gasteiger charge is 2.17. The van der Waals surface area contributed by atoms with Gasteiger partial charge in [0, 0.05) is 0 Å². The Hall–Kier alpha value is 0. The zero-order valence-electron chi connectivity index (χ0n) is 6.45. The highest BCUT2D eigenvalue weighted by Crippen LogP contribution is 2.12. The Labute approximate surface area is 71.0 Å². The van der Waals surface area contributed by atoms with Crippen LogP contribution in [-0.2, 0) is 0 Å². The number of aliphatic hydroxyl groups is 1. The zero-order valence-corrected chi connectivity index (χ0v) is 8.03. The van der Waals surface area contributed by atoms with Crippen molar-refractivity contribution >= 4 is 15.9 Å². The summed E-state index contributed by atoms with van der Waals surface area (Å²) in [6.45, 7) is 3.87. The topological polar surface area (TPSA) is 20.2 Å². The molecule has 0 aromatic carbocycles. The van der Waals surface area contributed by atoms with E-state index in [1.165, 1.54) is 0 Å². The Morgan fingerprint density at radius 3 is 2.20 bits per heavy atom. The maximum absolute atomic E-state index is 9.57. The molecule has 0 atom stereocenters. The third-order valence-corrected chi connectivity index (χ3v) is 1.84. The van der Waals surface area contributed by atoms with Gasteiger partial charge in [-0.3, -0.25) is 0 Å². The summed E-state index contributed by atoms with van der Waals surface area (Å²) in [5.74, 6) is 5.61. The molecule has 0 bridgehead atoms.